The maximum absolute atomic E-state index is 12.7. The maximum atomic E-state index is 12.7. The van der Waals surface area contributed by atoms with Gasteiger partial charge in [0.05, 0.1) is 18.4 Å². The van der Waals surface area contributed by atoms with Crippen LogP contribution < -0.4 is 5.32 Å². The van der Waals surface area contributed by atoms with E-state index >= 15 is 0 Å². The lowest BCUT2D eigenvalue weighted by Gasteiger charge is -2.23. The Morgan fingerprint density at radius 1 is 1.16 bits per heavy atom. The van der Waals surface area contributed by atoms with Crippen molar-refractivity contribution in [1.29, 1.82) is 0 Å². The molecule has 3 heterocycles. The van der Waals surface area contributed by atoms with Crippen LogP contribution in [0.2, 0.25) is 0 Å². The summed E-state index contributed by atoms with van der Waals surface area (Å²) in [5.74, 6) is 0.154. The van der Waals surface area contributed by atoms with Crippen LogP contribution in [0.1, 0.15) is 30.5 Å². The Labute approximate surface area is 181 Å². The highest BCUT2D eigenvalue weighted by Gasteiger charge is 2.32. The van der Waals surface area contributed by atoms with Gasteiger partial charge >= 0.3 is 6.18 Å². The van der Waals surface area contributed by atoms with Crippen molar-refractivity contribution in [2.75, 3.05) is 5.32 Å². The fraction of sp³-hybridized carbons (Fsp3) is 0.261. The molecule has 1 aliphatic rings. The summed E-state index contributed by atoms with van der Waals surface area (Å²) in [5.41, 5.74) is 3.16. The minimum Gasteiger partial charge on any atom is -0.359 e. The largest absolute Gasteiger partial charge is 0.433 e. The van der Waals surface area contributed by atoms with Gasteiger partial charge in [-0.25, -0.2) is 0 Å². The summed E-state index contributed by atoms with van der Waals surface area (Å²) < 4.78 is 39.7. The highest BCUT2D eigenvalue weighted by Crippen LogP contribution is 2.32. The molecule has 9 heteroatoms. The standard InChI is InChI=1S/C23H20F3N5O/c24-23(25,26)21-7-4-14(9-28-21)12-31-13-17(10-29-31)16-5-6-19-18(8-16)20(11-27-19)30-22(32)15-2-1-3-15/h4-11,13,15,27H,1-3,12H2,(H,30,32). The van der Waals surface area contributed by atoms with Crippen LogP contribution in [0.15, 0.2) is 55.1 Å². The van der Waals surface area contributed by atoms with E-state index < -0.39 is 11.9 Å². The summed E-state index contributed by atoms with van der Waals surface area (Å²) in [6.07, 6.45) is 5.07. The third kappa shape index (κ3) is 3.98. The summed E-state index contributed by atoms with van der Waals surface area (Å²) in [4.78, 5) is 19.0. The van der Waals surface area contributed by atoms with Crippen molar-refractivity contribution in [2.45, 2.75) is 32.0 Å². The molecule has 0 unspecified atom stereocenters. The van der Waals surface area contributed by atoms with E-state index in [0.29, 0.717) is 12.1 Å². The molecule has 164 valence electrons. The molecule has 0 atom stereocenters. The second kappa shape index (κ2) is 7.81. The van der Waals surface area contributed by atoms with Crippen molar-refractivity contribution >= 4 is 22.5 Å². The lowest BCUT2D eigenvalue weighted by atomic mass is 9.85. The molecule has 1 aromatic carbocycles. The van der Waals surface area contributed by atoms with Gasteiger partial charge in [0.15, 0.2) is 0 Å². The Balaban J connectivity index is 1.34. The van der Waals surface area contributed by atoms with Gasteiger partial charge in [-0.3, -0.25) is 14.5 Å². The van der Waals surface area contributed by atoms with E-state index in [0.717, 1.165) is 53.0 Å². The first-order chi connectivity index (χ1) is 15.4. The monoisotopic (exact) mass is 439 g/mol. The molecular formula is C23H20F3N5O. The Kier molecular flexibility index (Phi) is 4.96. The zero-order valence-corrected chi connectivity index (χ0v) is 17.0. The Morgan fingerprint density at radius 3 is 2.69 bits per heavy atom. The number of carbonyl (C=O) groups is 1. The number of nitrogens with one attached hydrogen (secondary N) is 2. The van der Waals surface area contributed by atoms with Crippen molar-refractivity contribution in [3.05, 3.63) is 66.4 Å². The van der Waals surface area contributed by atoms with Gasteiger partial charge in [-0.05, 0) is 42.2 Å². The Bertz CT molecular complexity index is 1270. The van der Waals surface area contributed by atoms with Crippen molar-refractivity contribution in [3.8, 4) is 11.1 Å². The third-order valence-corrected chi connectivity index (χ3v) is 5.84. The van der Waals surface area contributed by atoms with E-state index in [1.54, 1.807) is 17.1 Å². The predicted molar refractivity (Wildman–Crippen MR) is 114 cm³/mol. The van der Waals surface area contributed by atoms with Gasteiger partial charge in [-0.15, -0.1) is 0 Å². The quantitative estimate of drug-likeness (QED) is 0.447. The molecule has 1 saturated carbocycles. The van der Waals surface area contributed by atoms with E-state index in [1.165, 1.54) is 12.3 Å². The molecule has 2 N–H and O–H groups in total. The first-order valence-electron chi connectivity index (χ1n) is 10.3. The van der Waals surface area contributed by atoms with Gasteiger partial charge in [-0.2, -0.15) is 18.3 Å². The number of pyridine rings is 1. The summed E-state index contributed by atoms with van der Waals surface area (Å²) in [5, 5.41) is 8.26. The molecule has 5 rings (SSSR count). The van der Waals surface area contributed by atoms with Gasteiger partial charge in [-0.1, -0.05) is 18.6 Å². The molecular weight excluding hydrogens is 419 g/mol. The van der Waals surface area contributed by atoms with Crippen molar-refractivity contribution in [1.82, 2.24) is 19.7 Å². The van der Waals surface area contributed by atoms with E-state index in [1.807, 2.05) is 24.4 Å². The summed E-state index contributed by atoms with van der Waals surface area (Å²) >= 11 is 0. The maximum Gasteiger partial charge on any atom is 0.433 e. The van der Waals surface area contributed by atoms with Crippen LogP contribution in [0.4, 0.5) is 18.9 Å². The van der Waals surface area contributed by atoms with Crippen molar-refractivity contribution in [2.24, 2.45) is 5.92 Å². The van der Waals surface area contributed by atoms with Crippen molar-refractivity contribution < 1.29 is 18.0 Å². The number of anilines is 1. The molecule has 0 radical (unpaired) electrons. The van der Waals surface area contributed by atoms with Crippen molar-refractivity contribution in [3.63, 3.8) is 0 Å². The SMILES string of the molecule is O=C(Nc1c[nH]c2ccc(-c3cnn(Cc4ccc(C(F)(F)F)nc4)c3)cc12)C1CCC1. The summed E-state index contributed by atoms with van der Waals surface area (Å²) in [7, 11) is 0. The van der Waals surface area contributed by atoms with Crippen LogP contribution in [0.3, 0.4) is 0 Å². The van der Waals surface area contributed by atoms with E-state index in [9.17, 15) is 18.0 Å². The molecule has 32 heavy (non-hydrogen) atoms. The summed E-state index contributed by atoms with van der Waals surface area (Å²) in [6.45, 7) is 0.306. The van der Waals surface area contributed by atoms with Crippen LogP contribution in [0, 0.1) is 5.92 Å². The zero-order valence-electron chi connectivity index (χ0n) is 17.0. The number of benzene rings is 1. The van der Waals surface area contributed by atoms with E-state index in [4.69, 9.17) is 0 Å². The molecule has 3 aromatic heterocycles. The second-order valence-electron chi connectivity index (χ2n) is 8.06. The molecule has 1 aliphatic carbocycles. The number of rotatable bonds is 5. The predicted octanol–water partition coefficient (Wildman–Crippen LogP) is 5.23. The number of fused-ring (bicyclic) bond motifs is 1. The van der Waals surface area contributed by atoms with Gasteiger partial charge in [0.1, 0.15) is 5.69 Å². The highest BCUT2D eigenvalue weighted by molar-refractivity contribution is 6.03. The zero-order chi connectivity index (χ0) is 22.3. The minimum absolute atomic E-state index is 0.0560. The molecule has 1 fully saturated rings. The van der Waals surface area contributed by atoms with Crippen LogP contribution in [0.5, 0.6) is 0 Å². The lowest BCUT2D eigenvalue weighted by Crippen LogP contribution is -2.27. The average molecular weight is 439 g/mol. The third-order valence-electron chi connectivity index (χ3n) is 5.84. The topological polar surface area (TPSA) is 75.6 Å². The number of aromatic amines is 1. The fourth-order valence-corrected chi connectivity index (χ4v) is 3.78. The Hall–Kier alpha value is -3.62. The molecule has 0 spiro atoms. The van der Waals surface area contributed by atoms with Gasteiger partial charge in [0.2, 0.25) is 5.91 Å². The van der Waals surface area contributed by atoms with Crippen LogP contribution in [-0.4, -0.2) is 25.7 Å². The second-order valence-corrected chi connectivity index (χ2v) is 8.06. The number of hydrogen-bond acceptors (Lipinski definition) is 3. The van der Waals surface area contributed by atoms with Gasteiger partial charge in [0.25, 0.3) is 0 Å². The first-order valence-corrected chi connectivity index (χ1v) is 10.3. The molecule has 6 nitrogen and oxygen atoms in total. The number of carbonyl (C=O) groups excluding carboxylic acids is 1. The molecule has 1 amide bonds. The Morgan fingerprint density at radius 2 is 2.00 bits per heavy atom. The number of alkyl halides is 3. The number of amides is 1. The molecule has 0 bridgehead atoms. The number of nitrogens with zero attached hydrogens (tertiary/aromatic N) is 3. The van der Waals surface area contributed by atoms with Gasteiger partial charge in [0, 0.05) is 41.0 Å². The number of hydrogen-bond donors (Lipinski definition) is 2. The van der Waals surface area contributed by atoms with E-state index in [2.05, 4.69) is 20.4 Å². The van der Waals surface area contributed by atoms with Crippen LogP contribution >= 0.6 is 0 Å². The van der Waals surface area contributed by atoms with E-state index in [-0.39, 0.29) is 11.8 Å². The summed E-state index contributed by atoms with van der Waals surface area (Å²) in [6, 6.07) is 8.26. The normalized spacial score (nSPS) is 14.5. The number of halogens is 3. The van der Waals surface area contributed by atoms with Gasteiger partial charge < -0.3 is 10.3 Å². The fourth-order valence-electron chi connectivity index (χ4n) is 3.78. The first kappa shape index (κ1) is 20.3. The van der Waals surface area contributed by atoms with Crippen LogP contribution in [0.25, 0.3) is 22.0 Å². The molecule has 0 aliphatic heterocycles. The average Bonchev–Trinajstić information content (AvgIpc) is 3.33. The molecule has 0 saturated heterocycles. The molecule has 4 aromatic rings. The van der Waals surface area contributed by atoms with Crippen LogP contribution in [-0.2, 0) is 17.5 Å². The lowest BCUT2D eigenvalue weighted by molar-refractivity contribution is -0.141. The number of H-pyrrole nitrogens is 1. The highest BCUT2D eigenvalue weighted by atomic mass is 19.4. The minimum atomic E-state index is -4.45. The number of aromatic nitrogens is 4. The smallest absolute Gasteiger partial charge is 0.359 e.